The molecule has 0 aromatic heterocycles. The van der Waals surface area contributed by atoms with Crippen LogP contribution in [0, 0.1) is 111 Å². The van der Waals surface area contributed by atoms with Crippen LogP contribution in [0.15, 0.2) is 146 Å². The van der Waals surface area contributed by atoms with E-state index in [1.54, 1.807) is 0 Å². The molecule has 0 spiro atoms. The summed E-state index contributed by atoms with van der Waals surface area (Å²) in [6.45, 7) is 35.9. The molecule has 0 aliphatic rings. The predicted octanol–water partition coefficient (Wildman–Crippen LogP) is 19.6. The molecule has 8 aromatic rings. The van der Waals surface area contributed by atoms with E-state index in [0.717, 1.165) is 0 Å². The fourth-order valence-electron chi connectivity index (χ4n) is 11.6. The van der Waals surface area contributed by atoms with Gasteiger partial charge in [0.1, 0.15) is 0 Å². The normalized spacial score (nSPS) is 12.8. The third-order valence-electron chi connectivity index (χ3n) is 13.5. The standard InChI is InChI=1S/C72H74/c1-43-17-44(2)26-59(25-43)41-67(61-29-47(5)19-48(6)30-61)69(63-33-51(9)21-52(10)34-63)71(65-37-55(13)23-56(14)38-65)72(66-39-57(15)24-58(16)40-66)70(64-35-53(11)22-54(12)36-64)68(62-31-49(7)20-50(8)32-62)42-60-27-45(3)18-46(4)28-60/h17-42H,1-16H3/b67-41+,68-42+,71-69-,72-70+. The molecular formula is C72H74. The zero-order chi connectivity index (χ0) is 51.7. The van der Waals surface area contributed by atoms with E-state index in [2.05, 4.69) is 269 Å². The molecule has 0 heterocycles. The molecule has 8 aromatic carbocycles. The Morgan fingerprint density at radius 1 is 0.181 bits per heavy atom. The minimum atomic E-state index is 1.18. The quantitative estimate of drug-likeness (QED) is 0.0895. The third kappa shape index (κ3) is 12.1. The van der Waals surface area contributed by atoms with E-state index in [4.69, 9.17) is 0 Å². The lowest BCUT2D eigenvalue weighted by molar-refractivity contribution is 1.34. The molecule has 0 amide bonds. The summed E-state index contributed by atoms with van der Waals surface area (Å²) < 4.78 is 0. The minimum Gasteiger partial charge on any atom is -0.0563 e. The van der Waals surface area contributed by atoms with E-state index >= 15 is 0 Å². The molecule has 0 saturated heterocycles. The van der Waals surface area contributed by atoms with Crippen LogP contribution in [0.3, 0.4) is 0 Å². The maximum atomic E-state index is 2.48. The van der Waals surface area contributed by atoms with Crippen molar-refractivity contribution in [1.29, 1.82) is 0 Å². The summed E-state index contributed by atoms with van der Waals surface area (Å²) in [6.07, 6.45) is 4.96. The molecule has 8 rings (SSSR count). The molecule has 0 aliphatic heterocycles. The van der Waals surface area contributed by atoms with Gasteiger partial charge in [-0.1, -0.05) is 235 Å². The Morgan fingerprint density at radius 3 is 0.528 bits per heavy atom. The number of aryl methyl sites for hydroxylation is 16. The molecule has 362 valence electrons. The summed E-state index contributed by atoms with van der Waals surface area (Å²) in [5.74, 6) is 0. The molecule has 0 bridgehead atoms. The van der Waals surface area contributed by atoms with E-state index in [1.165, 1.54) is 167 Å². The summed E-state index contributed by atoms with van der Waals surface area (Å²) >= 11 is 0. The van der Waals surface area contributed by atoms with Crippen LogP contribution >= 0.6 is 0 Å². The van der Waals surface area contributed by atoms with Crippen molar-refractivity contribution in [1.82, 2.24) is 0 Å². The molecule has 0 nitrogen and oxygen atoms in total. The second-order valence-corrected chi connectivity index (χ2v) is 21.7. The second-order valence-electron chi connectivity index (χ2n) is 21.7. The van der Waals surface area contributed by atoms with Gasteiger partial charge in [-0.3, -0.25) is 0 Å². The lowest BCUT2D eigenvalue weighted by Gasteiger charge is -2.28. The Bertz CT molecular complexity index is 3150. The zero-order valence-electron chi connectivity index (χ0n) is 46.0. The SMILES string of the molecule is Cc1cc(C)cc(/C=C(/C(=C(\C(=C(\C(=C\c2cc(C)cc(C)c2)c2cc(C)cc(C)c2)c2cc(C)cc(C)c2)c2cc(C)cc(C)c2)c2cc(C)cc(C)c2)c2cc(C)cc(C)c2)c2cc(C)cc(C)c2)c1. The summed E-state index contributed by atoms with van der Waals surface area (Å²) in [4.78, 5) is 0. The Kier molecular flexibility index (Phi) is 15.0. The molecule has 0 heteroatoms. The van der Waals surface area contributed by atoms with Gasteiger partial charge in [-0.05, 0) is 201 Å². The Hall–Kier alpha value is -7.28. The lowest BCUT2D eigenvalue weighted by atomic mass is 9.74. The monoisotopic (exact) mass is 939 g/mol. The van der Waals surface area contributed by atoms with Crippen LogP contribution in [0.5, 0.6) is 0 Å². The maximum Gasteiger partial charge on any atom is -0.00139 e. The topological polar surface area (TPSA) is 0 Å². The van der Waals surface area contributed by atoms with E-state index in [-0.39, 0.29) is 0 Å². The van der Waals surface area contributed by atoms with Gasteiger partial charge in [0, 0.05) is 0 Å². The van der Waals surface area contributed by atoms with Crippen LogP contribution in [0.1, 0.15) is 134 Å². The van der Waals surface area contributed by atoms with Gasteiger partial charge in [-0.25, -0.2) is 0 Å². The van der Waals surface area contributed by atoms with Gasteiger partial charge >= 0.3 is 0 Å². The maximum absolute atomic E-state index is 2.48. The number of hydrogen-bond donors (Lipinski definition) is 0. The van der Waals surface area contributed by atoms with E-state index < -0.39 is 0 Å². The van der Waals surface area contributed by atoms with Gasteiger partial charge in [0.2, 0.25) is 0 Å². The summed E-state index contributed by atoms with van der Waals surface area (Å²) in [7, 11) is 0. The van der Waals surface area contributed by atoms with Crippen molar-refractivity contribution in [3.63, 3.8) is 0 Å². The van der Waals surface area contributed by atoms with Crippen molar-refractivity contribution >= 4 is 45.6 Å². The summed E-state index contributed by atoms with van der Waals surface area (Å²) in [6, 6.07) is 56.9. The van der Waals surface area contributed by atoms with Gasteiger partial charge in [-0.15, -0.1) is 0 Å². The van der Waals surface area contributed by atoms with Crippen molar-refractivity contribution in [2.24, 2.45) is 0 Å². The molecule has 0 saturated carbocycles. The number of rotatable bonds is 11. The highest BCUT2D eigenvalue weighted by molar-refractivity contribution is 6.35. The molecule has 0 aliphatic carbocycles. The summed E-state index contributed by atoms with van der Waals surface area (Å²) in [5, 5.41) is 0. The Labute approximate surface area is 433 Å². The van der Waals surface area contributed by atoms with Gasteiger partial charge in [0.05, 0.1) is 0 Å². The van der Waals surface area contributed by atoms with Crippen molar-refractivity contribution < 1.29 is 0 Å². The smallest absolute Gasteiger partial charge is 0.00139 e. The average molecular weight is 939 g/mol. The second kappa shape index (κ2) is 21.2. The van der Waals surface area contributed by atoms with Crippen LogP contribution in [0.2, 0.25) is 0 Å². The molecule has 0 fully saturated rings. The van der Waals surface area contributed by atoms with Crippen molar-refractivity contribution in [3.8, 4) is 0 Å². The van der Waals surface area contributed by atoms with Gasteiger partial charge in [0.15, 0.2) is 0 Å². The highest BCUT2D eigenvalue weighted by Gasteiger charge is 2.29. The first kappa shape index (κ1) is 51.1. The Morgan fingerprint density at radius 2 is 0.333 bits per heavy atom. The van der Waals surface area contributed by atoms with Crippen molar-refractivity contribution in [3.05, 3.63) is 279 Å². The number of hydrogen-bond acceptors (Lipinski definition) is 0. The van der Waals surface area contributed by atoms with Crippen molar-refractivity contribution in [2.45, 2.75) is 111 Å². The highest BCUT2D eigenvalue weighted by atomic mass is 14.3. The minimum absolute atomic E-state index is 1.18. The number of benzene rings is 8. The van der Waals surface area contributed by atoms with Gasteiger partial charge < -0.3 is 0 Å². The zero-order valence-corrected chi connectivity index (χ0v) is 46.0. The fraction of sp³-hybridized carbons (Fsp3) is 0.222. The van der Waals surface area contributed by atoms with E-state index in [0.29, 0.717) is 0 Å². The fourth-order valence-corrected chi connectivity index (χ4v) is 11.6. The third-order valence-corrected chi connectivity index (χ3v) is 13.5. The highest BCUT2D eigenvalue weighted by Crippen LogP contribution is 2.52. The van der Waals surface area contributed by atoms with Gasteiger partial charge in [0.25, 0.3) is 0 Å². The summed E-state index contributed by atoms with van der Waals surface area (Å²) in [5.41, 5.74) is 36.3. The van der Waals surface area contributed by atoms with Crippen LogP contribution in [0.25, 0.3) is 45.6 Å². The van der Waals surface area contributed by atoms with Crippen molar-refractivity contribution in [2.75, 3.05) is 0 Å². The molecule has 0 unspecified atom stereocenters. The average Bonchev–Trinajstić information content (AvgIpc) is 3.23. The van der Waals surface area contributed by atoms with E-state index in [9.17, 15) is 0 Å². The first-order valence-electron chi connectivity index (χ1n) is 25.8. The van der Waals surface area contributed by atoms with Crippen LogP contribution < -0.4 is 0 Å². The lowest BCUT2D eigenvalue weighted by Crippen LogP contribution is -2.06. The largest absolute Gasteiger partial charge is 0.0563 e. The predicted molar refractivity (Wildman–Crippen MR) is 317 cm³/mol. The molecule has 0 N–H and O–H groups in total. The molecule has 72 heavy (non-hydrogen) atoms. The van der Waals surface area contributed by atoms with E-state index in [1.807, 2.05) is 0 Å². The van der Waals surface area contributed by atoms with Crippen LogP contribution in [-0.4, -0.2) is 0 Å². The van der Waals surface area contributed by atoms with Crippen LogP contribution in [0.4, 0.5) is 0 Å². The first-order valence-corrected chi connectivity index (χ1v) is 25.8. The Balaban J connectivity index is 1.79. The molecular weight excluding hydrogens is 865 g/mol. The molecule has 0 radical (unpaired) electrons. The molecule has 0 atom stereocenters. The number of allylic oxidation sites excluding steroid dienone is 6. The van der Waals surface area contributed by atoms with Crippen LogP contribution in [-0.2, 0) is 0 Å². The first-order chi connectivity index (χ1) is 34.1. The van der Waals surface area contributed by atoms with Gasteiger partial charge in [-0.2, -0.15) is 0 Å².